The third kappa shape index (κ3) is 3.34. The number of benzene rings is 2. The first-order valence-corrected chi connectivity index (χ1v) is 9.15. The predicted molar refractivity (Wildman–Crippen MR) is 106 cm³/mol. The number of carbonyl (C=O) groups excluding carboxylic acids is 1. The molecule has 0 bridgehead atoms. The van der Waals surface area contributed by atoms with Crippen molar-refractivity contribution in [3.8, 4) is 0 Å². The van der Waals surface area contributed by atoms with Gasteiger partial charge in [0.1, 0.15) is 0 Å². The molecule has 0 saturated heterocycles. The molecule has 0 radical (unpaired) electrons. The zero-order valence-corrected chi connectivity index (χ0v) is 15.1. The summed E-state index contributed by atoms with van der Waals surface area (Å²) >= 11 is 1.54. The molecule has 2 aromatic carbocycles. The van der Waals surface area contributed by atoms with E-state index in [1.807, 2.05) is 42.5 Å². The number of nitrogens with zero attached hydrogens (tertiary/aromatic N) is 3. The second-order valence-electron chi connectivity index (χ2n) is 6.08. The molecule has 4 rings (SSSR count). The standard InChI is InChI=1S/C21H17N3OS/c1-15-7-8-18-19(13-15)26-21(23-18)24(14-16-5-3-2-4-6-16)20(25)17-9-11-22-12-10-17/h2-13H,14H2,1H3. The molecule has 4 aromatic rings. The fraction of sp³-hybridized carbons (Fsp3) is 0.0952. The van der Waals surface area contributed by atoms with Gasteiger partial charge in [0.25, 0.3) is 5.91 Å². The first kappa shape index (κ1) is 16.4. The molecule has 0 fully saturated rings. The van der Waals surface area contributed by atoms with Gasteiger partial charge in [-0.25, -0.2) is 4.98 Å². The molecule has 1 amide bonds. The van der Waals surface area contributed by atoms with Crippen LogP contribution in [0.5, 0.6) is 0 Å². The molecule has 0 saturated carbocycles. The maximum absolute atomic E-state index is 13.2. The van der Waals surface area contributed by atoms with E-state index in [1.165, 1.54) is 5.56 Å². The topological polar surface area (TPSA) is 46.1 Å². The lowest BCUT2D eigenvalue weighted by Crippen LogP contribution is -2.30. The summed E-state index contributed by atoms with van der Waals surface area (Å²) in [5, 5.41) is 0.705. The van der Waals surface area contributed by atoms with Crippen molar-refractivity contribution in [3.05, 3.63) is 89.7 Å². The lowest BCUT2D eigenvalue weighted by atomic mass is 10.2. The van der Waals surface area contributed by atoms with Crippen LogP contribution in [-0.2, 0) is 6.54 Å². The first-order valence-electron chi connectivity index (χ1n) is 8.34. The van der Waals surface area contributed by atoms with Crippen LogP contribution in [0.1, 0.15) is 21.5 Å². The van der Waals surface area contributed by atoms with E-state index in [0.717, 1.165) is 15.8 Å². The second kappa shape index (κ2) is 7.06. The summed E-state index contributed by atoms with van der Waals surface area (Å²) in [6, 6.07) is 19.6. The van der Waals surface area contributed by atoms with Gasteiger partial charge >= 0.3 is 0 Å². The second-order valence-corrected chi connectivity index (χ2v) is 7.09. The molecule has 0 spiro atoms. The van der Waals surface area contributed by atoms with Gasteiger partial charge in [0, 0.05) is 18.0 Å². The molecule has 0 aliphatic heterocycles. The van der Waals surface area contributed by atoms with Gasteiger partial charge in [0.2, 0.25) is 0 Å². The van der Waals surface area contributed by atoms with Gasteiger partial charge in [-0.05, 0) is 42.3 Å². The number of aryl methyl sites for hydroxylation is 1. The molecule has 2 aromatic heterocycles. The number of fused-ring (bicyclic) bond motifs is 1. The highest BCUT2D eigenvalue weighted by Crippen LogP contribution is 2.31. The fourth-order valence-corrected chi connectivity index (χ4v) is 3.84. The number of hydrogen-bond donors (Lipinski definition) is 0. The summed E-state index contributed by atoms with van der Waals surface area (Å²) in [6.45, 7) is 2.53. The Hall–Kier alpha value is -3.05. The number of rotatable bonds is 4. The van der Waals surface area contributed by atoms with Gasteiger partial charge in [0.05, 0.1) is 16.8 Å². The maximum Gasteiger partial charge on any atom is 0.260 e. The Kier molecular flexibility index (Phi) is 4.46. The van der Waals surface area contributed by atoms with Crippen LogP contribution in [0.3, 0.4) is 0 Å². The number of thiazole rings is 1. The summed E-state index contributed by atoms with van der Waals surface area (Å²) < 4.78 is 1.08. The van der Waals surface area contributed by atoms with Crippen LogP contribution in [0.25, 0.3) is 10.2 Å². The molecular weight excluding hydrogens is 342 g/mol. The molecule has 0 aliphatic carbocycles. The van der Waals surface area contributed by atoms with E-state index >= 15 is 0 Å². The van der Waals surface area contributed by atoms with Gasteiger partial charge in [0.15, 0.2) is 5.13 Å². The molecule has 26 heavy (non-hydrogen) atoms. The minimum Gasteiger partial charge on any atom is -0.279 e. The largest absolute Gasteiger partial charge is 0.279 e. The summed E-state index contributed by atoms with van der Waals surface area (Å²) in [5.41, 5.74) is 3.76. The molecule has 2 heterocycles. The Balaban J connectivity index is 1.77. The van der Waals surface area contributed by atoms with Crippen molar-refractivity contribution in [2.24, 2.45) is 0 Å². The Labute approximate surface area is 155 Å². The Bertz CT molecular complexity index is 1040. The summed E-state index contributed by atoms with van der Waals surface area (Å²) in [6.07, 6.45) is 3.27. The van der Waals surface area contributed by atoms with Gasteiger partial charge in [-0.15, -0.1) is 0 Å². The van der Waals surface area contributed by atoms with Crippen molar-refractivity contribution in [1.29, 1.82) is 0 Å². The first-order chi connectivity index (χ1) is 12.7. The summed E-state index contributed by atoms with van der Waals surface area (Å²) in [7, 11) is 0. The molecule has 0 unspecified atom stereocenters. The van der Waals surface area contributed by atoms with E-state index in [4.69, 9.17) is 4.98 Å². The summed E-state index contributed by atoms with van der Waals surface area (Å²) in [5.74, 6) is -0.0768. The van der Waals surface area contributed by atoms with Crippen LogP contribution >= 0.6 is 11.3 Å². The number of anilines is 1. The van der Waals surface area contributed by atoms with Crippen LogP contribution in [0.4, 0.5) is 5.13 Å². The van der Waals surface area contributed by atoms with Gasteiger partial charge in [-0.2, -0.15) is 0 Å². The van der Waals surface area contributed by atoms with Crippen LogP contribution < -0.4 is 4.90 Å². The number of aromatic nitrogens is 2. The van der Waals surface area contributed by atoms with Crippen molar-refractivity contribution in [2.75, 3.05) is 4.90 Å². The van der Waals surface area contributed by atoms with Crippen LogP contribution in [0.2, 0.25) is 0 Å². The van der Waals surface area contributed by atoms with E-state index in [-0.39, 0.29) is 5.91 Å². The highest BCUT2D eigenvalue weighted by Gasteiger charge is 2.21. The molecule has 5 heteroatoms. The lowest BCUT2D eigenvalue weighted by molar-refractivity contribution is 0.0985. The number of amides is 1. The number of hydrogen-bond acceptors (Lipinski definition) is 4. The van der Waals surface area contributed by atoms with E-state index in [1.54, 1.807) is 40.8 Å². The predicted octanol–water partition coefficient (Wildman–Crippen LogP) is 4.85. The average Bonchev–Trinajstić information content (AvgIpc) is 3.10. The molecule has 0 atom stereocenters. The Morgan fingerprint density at radius 3 is 2.58 bits per heavy atom. The highest BCUT2D eigenvalue weighted by molar-refractivity contribution is 7.22. The molecule has 0 N–H and O–H groups in total. The molecule has 4 nitrogen and oxygen atoms in total. The smallest absolute Gasteiger partial charge is 0.260 e. The zero-order valence-electron chi connectivity index (χ0n) is 14.3. The normalized spacial score (nSPS) is 10.8. The van der Waals surface area contributed by atoms with Gasteiger partial charge in [-0.3, -0.25) is 14.7 Å². The highest BCUT2D eigenvalue weighted by atomic mass is 32.1. The van der Waals surface area contributed by atoms with Crippen LogP contribution in [0, 0.1) is 6.92 Å². The summed E-state index contributed by atoms with van der Waals surface area (Å²) in [4.78, 5) is 23.6. The molecular formula is C21H17N3OS. The Morgan fingerprint density at radius 2 is 1.81 bits per heavy atom. The van der Waals surface area contributed by atoms with E-state index < -0.39 is 0 Å². The van der Waals surface area contributed by atoms with Gasteiger partial charge < -0.3 is 0 Å². The third-order valence-electron chi connectivity index (χ3n) is 4.12. The monoisotopic (exact) mass is 359 g/mol. The van der Waals surface area contributed by atoms with E-state index in [2.05, 4.69) is 18.0 Å². The molecule has 128 valence electrons. The van der Waals surface area contributed by atoms with E-state index in [0.29, 0.717) is 17.2 Å². The van der Waals surface area contributed by atoms with Crippen LogP contribution in [0.15, 0.2) is 73.1 Å². The minimum atomic E-state index is -0.0768. The number of carbonyl (C=O) groups is 1. The van der Waals surface area contributed by atoms with Crippen molar-refractivity contribution in [1.82, 2.24) is 9.97 Å². The zero-order chi connectivity index (χ0) is 17.9. The van der Waals surface area contributed by atoms with Gasteiger partial charge in [-0.1, -0.05) is 47.7 Å². The Morgan fingerprint density at radius 1 is 1.04 bits per heavy atom. The average molecular weight is 359 g/mol. The minimum absolute atomic E-state index is 0.0768. The maximum atomic E-state index is 13.2. The quantitative estimate of drug-likeness (QED) is 0.523. The third-order valence-corrected chi connectivity index (χ3v) is 5.16. The van der Waals surface area contributed by atoms with Crippen LogP contribution in [-0.4, -0.2) is 15.9 Å². The van der Waals surface area contributed by atoms with Crippen molar-refractivity contribution >= 4 is 32.6 Å². The van der Waals surface area contributed by atoms with Crippen molar-refractivity contribution < 1.29 is 4.79 Å². The van der Waals surface area contributed by atoms with Crippen molar-refractivity contribution in [3.63, 3.8) is 0 Å². The number of pyridine rings is 1. The van der Waals surface area contributed by atoms with Crippen molar-refractivity contribution in [2.45, 2.75) is 13.5 Å². The SMILES string of the molecule is Cc1ccc2nc(N(Cc3ccccc3)C(=O)c3ccncc3)sc2c1. The molecule has 0 aliphatic rings. The fourth-order valence-electron chi connectivity index (χ4n) is 2.78. The lowest BCUT2D eigenvalue weighted by Gasteiger charge is -2.20. The van der Waals surface area contributed by atoms with E-state index in [9.17, 15) is 4.79 Å².